The van der Waals surface area contributed by atoms with Crippen molar-refractivity contribution >= 4 is 34.0 Å². The number of aromatic nitrogens is 4. The molecule has 178 valence electrons. The molecule has 4 aromatic rings. The minimum Gasteiger partial charge on any atom is -0.310 e. The predicted octanol–water partition coefficient (Wildman–Crippen LogP) is 3.52. The number of pyridine rings is 1. The zero-order chi connectivity index (χ0) is 24.6. The molecule has 35 heavy (non-hydrogen) atoms. The van der Waals surface area contributed by atoms with E-state index in [-0.39, 0.29) is 18.1 Å². The molecule has 0 saturated heterocycles. The Bertz CT molecular complexity index is 1460. The molecule has 5 rings (SSSR count). The molecule has 0 fully saturated rings. The molecular formula is C26H25N5O3S. The first kappa shape index (κ1) is 23.0. The van der Waals surface area contributed by atoms with Gasteiger partial charge >= 0.3 is 0 Å². The van der Waals surface area contributed by atoms with Crippen LogP contribution in [0.5, 0.6) is 0 Å². The van der Waals surface area contributed by atoms with Gasteiger partial charge in [-0.3, -0.25) is 18.8 Å². The number of rotatable bonds is 6. The van der Waals surface area contributed by atoms with Crippen molar-refractivity contribution in [2.45, 2.75) is 43.4 Å². The number of imidazole rings is 1. The summed E-state index contributed by atoms with van der Waals surface area (Å²) in [4.78, 5) is 40.4. The van der Waals surface area contributed by atoms with E-state index in [1.165, 1.54) is 0 Å². The Kier molecular flexibility index (Phi) is 6.02. The number of carbonyl (C=O) groups is 2. The van der Waals surface area contributed by atoms with E-state index in [9.17, 15) is 13.8 Å². The highest BCUT2D eigenvalue weighted by Gasteiger charge is 2.43. The van der Waals surface area contributed by atoms with E-state index in [2.05, 4.69) is 20.3 Å². The number of hydrogen-bond donors (Lipinski definition) is 1. The molecule has 1 aliphatic carbocycles. The second kappa shape index (κ2) is 9.14. The third kappa shape index (κ3) is 4.27. The fourth-order valence-corrected chi connectivity index (χ4v) is 5.29. The van der Waals surface area contributed by atoms with Crippen LogP contribution in [0.25, 0.3) is 5.65 Å². The summed E-state index contributed by atoms with van der Waals surface area (Å²) >= 11 is 0. The fourth-order valence-electron chi connectivity index (χ4n) is 4.51. The van der Waals surface area contributed by atoms with E-state index in [0.717, 1.165) is 10.5 Å². The van der Waals surface area contributed by atoms with Gasteiger partial charge in [-0.25, -0.2) is 9.97 Å². The van der Waals surface area contributed by atoms with Crippen molar-refractivity contribution in [3.63, 3.8) is 0 Å². The minimum absolute atomic E-state index is 0.0442. The van der Waals surface area contributed by atoms with Gasteiger partial charge in [-0.05, 0) is 49.6 Å². The fraction of sp³-hybridized carbons (Fsp3) is 0.269. The van der Waals surface area contributed by atoms with Gasteiger partial charge in [-0.15, -0.1) is 0 Å². The normalized spacial score (nSPS) is 18.3. The molecule has 0 radical (unpaired) electrons. The maximum atomic E-state index is 13.6. The number of nitrogens with zero attached hydrogens (tertiary/aromatic N) is 4. The number of Topliss-reactive ketones (excluding diaryl/α,β-unsaturated/α-hetero) is 1. The molecule has 0 saturated carbocycles. The summed E-state index contributed by atoms with van der Waals surface area (Å²) in [7, 11) is -1.02. The molecule has 8 nitrogen and oxygen atoms in total. The summed E-state index contributed by atoms with van der Waals surface area (Å²) in [6.45, 7) is 3.78. The number of fused-ring (bicyclic) bond motifs is 2. The molecule has 2 atom stereocenters. The van der Waals surface area contributed by atoms with Crippen LogP contribution in [0.3, 0.4) is 0 Å². The van der Waals surface area contributed by atoms with Crippen LogP contribution in [0.1, 0.15) is 47.6 Å². The van der Waals surface area contributed by atoms with Gasteiger partial charge in [0.05, 0.1) is 34.0 Å². The molecular weight excluding hydrogens is 462 g/mol. The third-order valence-corrected chi connectivity index (χ3v) is 7.82. The first-order chi connectivity index (χ1) is 16.9. The molecule has 0 bridgehead atoms. The lowest BCUT2D eigenvalue weighted by Crippen LogP contribution is -2.39. The van der Waals surface area contributed by atoms with Crippen molar-refractivity contribution in [2.75, 3.05) is 11.1 Å². The zero-order valence-electron chi connectivity index (χ0n) is 19.5. The SMILES string of the molecule is CCS(=O)c1ccc(CC(=O)Nc2ccc3c(n2)CCC(C)(c2nccn4ccnc24)C3=O)cc1. The summed E-state index contributed by atoms with van der Waals surface area (Å²) in [6, 6.07) is 10.6. The smallest absolute Gasteiger partial charge is 0.229 e. The molecule has 9 heteroatoms. The van der Waals surface area contributed by atoms with Gasteiger partial charge in [0, 0.05) is 41.0 Å². The van der Waals surface area contributed by atoms with Gasteiger partial charge in [0.1, 0.15) is 5.82 Å². The van der Waals surface area contributed by atoms with Crippen molar-refractivity contribution in [3.05, 3.63) is 83.7 Å². The summed E-state index contributed by atoms with van der Waals surface area (Å²) in [5.74, 6) is 0.727. The maximum Gasteiger partial charge on any atom is 0.229 e. The standard InChI is InChI=1S/C26H25N5O3S/c1-3-35(34)18-6-4-17(5-7-18)16-22(32)30-21-9-8-19-20(29-21)10-11-26(2,24(19)33)23-25-28-13-15-31(25)14-12-27-23/h4-9,12-15H,3,10-11,16H2,1-2H3,(H,29,30,32). The molecule has 2 unspecified atom stereocenters. The summed E-state index contributed by atoms with van der Waals surface area (Å²) in [5.41, 5.74) is 2.58. The van der Waals surface area contributed by atoms with Gasteiger partial charge in [0.25, 0.3) is 0 Å². The van der Waals surface area contributed by atoms with Crippen LogP contribution in [-0.2, 0) is 33.9 Å². The van der Waals surface area contributed by atoms with E-state index in [0.29, 0.717) is 47.0 Å². The van der Waals surface area contributed by atoms with E-state index in [1.54, 1.807) is 36.7 Å². The molecule has 1 aliphatic rings. The lowest BCUT2D eigenvalue weighted by atomic mass is 9.71. The van der Waals surface area contributed by atoms with Gasteiger partial charge < -0.3 is 9.72 Å². The van der Waals surface area contributed by atoms with Crippen molar-refractivity contribution < 1.29 is 13.8 Å². The molecule has 3 heterocycles. The number of aryl methyl sites for hydroxylation is 1. The number of benzene rings is 1. The van der Waals surface area contributed by atoms with Crippen molar-refractivity contribution in [2.24, 2.45) is 0 Å². The zero-order valence-corrected chi connectivity index (χ0v) is 20.3. The Hall–Kier alpha value is -3.72. The predicted molar refractivity (Wildman–Crippen MR) is 133 cm³/mol. The van der Waals surface area contributed by atoms with Crippen LogP contribution in [0, 0.1) is 0 Å². The van der Waals surface area contributed by atoms with Crippen molar-refractivity contribution in [1.29, 1.82) is 0 Å². The van der Waals surface area contributed by atoms with E-state index in [4.69, 9.17) is 0 Å². The van der Waals surface area contributed by atoms with Gasteiger partial charge in [-0.2, -0.15) is 0 Å². The Labute approximate surface area is 205 Å². The third-order valence-electron chi connectivity index (χ3n) is 6.50. The Morgan fingerprint density at radius 2 is 1.86 bits per heavy atom. The van der Waals surface area contributed by atoms with Crippen LogP contribution in [0.15, 0.2) is 66.1 Å². The average Bonchev–Trinajstić information content (AvgIpc) is 3.35. The van der Waals surface area contributed by atoms with Crippen LogP contribution < -0.4 is 5.32 Å². The second-order valence-electron chi connectivity index (χ2n) is 8.79. The number of anilines is 1. The van der Waals surface area contributed by atoms with Crippen molar-refractivity contribution in [1.82, 2.24) is 19.4 Å². The molecule has 0 spiro atoms. The quantitative estimate of drug-likeness (QED) is 0.446. The minimum atomic E-state index is -1.02. The Balaban J connectivity index is 1.32. The van der Waals surface area contributed by atoms with Crippen LogP contribution in [0.2, 0.25) is 0 Å². The largest absolute Gasteiger partial charge is 0.310 e. The van der Waals surface area contributed by atoms with Crippen molar-refractivity contribution in [3.8, 4) is 0 Å². The number of carbonyl (C=O) groups excluding carboxylic acids is 2. The van der Waals surface area contributed by atoms with Gasteiger partial charge in [0.15, 0.2) is 11.4 Å². The number of ketones is 1. The number of nitrogens with one attached hydrogen (secondary N) is 1. The van der Waals surface area contributed by atoms with Crippen LogP contribution in [-0.4, -0.2) is 41.0 Å². The van der Waals surface area contributed by atoms with E-state index >= 15 is 0 Å². The summed E-state index contributed by atoms with van der Waals surface area (Å²) in [5, 5.41) is 2.83. The van der Waals surface area contributed by atoms with Crippen LogP contribution >= 0.6 is 0 Å². The van der Waals surface area contributed by atoms with E-state index < -0.39 is 16.2 Å². The highest BCUT2D eigenvalue weighted by Crippen LogP contribution is 2.38. The van der Waals surface area contributed by atoms with Gasteiger partial charge in [0.2, 0.25) is 5.91 Å². The maximum absolute atomic E-state index is 13.6. The Morgan fingerprint density at radius 1 is 1.11 bits per heavy atom. The van der Waals surface area contributed by atoms with Crippen LogP contribution in [0.4, 0.5) is 5.82 Å². The molecule has 1 aromatic carbocycles. The number of hydrogen-bond acceptors (Lipinski definition) is 6. The highest BCUT2D eigenvalue weighted by molar-refractivity contribution is 7.85. The molecule has 1 N–H and O–H groups in total. The molecule has 0 aliphatic heterocycles. The topological polar surface area (TPSA) is 106 Å². The molecule has 1 amide bonds. The Morgan fingerprint density at radius 3 is 2.60 bits per heavy atom. The van der Waals surface area contributed by atoms with Gasteiger partial charge in [-0.1, -0.05) is 19.1 Å². The highest BCUT2D eigenvalue weighted by atomic mass is 32.2. The monoisotopic (exact) mass is 487 g/mol. The molecule has 3 aromatic heterocycles. The summed E-state index contributed by atoms with van der Waals surface area (Å²) < 4.78 is 13.8. The average molecular weight is 488 g/mol. The van der Waals surface area contributed by atoms with E-state index in [1.807, 2.05) is 42.8 Å². The lowest BCUT2D eigenvalue weighted by Gasteiger charge is -2.32. The lowest BCUT2D eigenvalue weighted by molar-refractivity contribution is -0.115. The summed E-state index contributed by atoms with van der Waals surface area (Å²) in [6.07, 6.45) is 8.34. The number of amides is 1. The second-order valence-corrected chi connectivity index (χ2v) is 10.5. The first-order valence-corrected chi connectivity index (χ1v) is 12.8. The first-order valence-electron chi connectivity index (χ1n) is 11.5.